The third kappa shape index (κ3) is 4.63. The van der Waals surface area contributed by atoms with E-state index < -0.39 is 0 Å². The molecule has 0 fully saturated rings. The molecule has 0 aliphatic rings. The fraction of sp³-hybridized carbons (Fsp3) is 0.0952. The topological polar surface area (TPSA) is 70.8 Å². The van der Waals surface area contributed by atoms with Crippen molar-refractivity contribution in [1.29, 1.82) is 5.26 Å². The van der Waals surface area contributed by atoms with Gasteiger partial charge in [0.2, 0.25) is 11.8 Å². The minimum Gasteiger partial charge on any atom is -0.438 e. The van der Waals surface area contributed by atoms with Crippen molar-refractivity contribution in [3.63, 3.8) is 0 Å². The van der Waals surface area contributed by atoms with Gasteiger partial charge in [-0.25, -0.2) is 4.98 Å². The molecule has 0 saturated carbocycles. The summed E-state index contributed by atoms with van der Waals surface area (Å²) in [5.41, 5.74) is 5.85. The maximum Gasteiger partial charge on any atom is 0.230 e. The molecule has 1 N–H and O–H groups in total. The van der Waals surface area contributed by atoms with Crippen LogP contribution in [0.3, 0.4) is 0 Å². The Kier molecular flexibility index (Phi) is 5.70. The highest BCUT2D eigenvalue weighted by molar-refractivity contribution is 6.27. The first-order valence-corrected chi connectivity index (χ1v) is 8.69. The van der Waals surface area contributed by atoms with E-state index in [-0.39, 0.29) is 0 Å². The number of anilines is 2. The second-order valence-corrected chi connectivity index (χ2v) is 6.16. The summed E-state index contributed by atoms with van der Waals surface area (Å²) in [5, 5.41) is 12.0. The lowest BCUT2D eigenvalue weighted by atomic mass is 10.1. The van der Waals surface area contributed by atoms with Crippen molar-refractivity contribution in [3.05, 3.63) is 76.5 Å². The molecule has 1 aromatic heterocycles. The van der Waals surface area contributed by atoms with Crippen LogP contribution in [-0.2, 0) is 0 Å². The van der Waals surface area contributed by atoms with Crippen LogP contribution in [0.4, 0.5) is 11.6 Å². The van der Waals surface area contributed by atoms with Gasteiger partial charge in [0.05, 0.1) is 11.6 Å². The van der Waals surface area contributed by atoms with E-state index in [1.54, 1.807) is 36.5 Å². The number of rotatable bonds is 5. The molecule has 0 aliphatic heterocycles. The van der Waals surface area contributed by atoms with Crippen LogP contribution < -0.4 is 10.1 Å². The summed E-state index contributed by atoms with van der Waals surface area (Å²) in [4.78, 5) is 8.61. The average molecular weight is 377 g/mol. The maximum atomic E-state index is 8.86. The van der Waals surface area contributed by atoms with Gasteiger partial charge in [-0.2, -0.15) is 10.2 Å². The fourth-order valence-corrected chi connectivity index (χ4v) is 2.78. The first-order valence-electron chi connectivity index (χ1n) is 8.25. The zero-order valence-corrected chi connectivity index (χ0v) is 15.7. The molecule has 3 rings (SSSR count). The van der Waals surface area contributed by atoms with E-state index in [1.165, 1.54) is 5.54 Å². The molecule has 0 amide bonds. The van der Waals surface area contributed by atoms with Gasteiger partial charge < -0.3 is 10.1 Å². The number of nitrogens with one attached hydrogen (secondary N) is 1. The molecule has 2 aromatic carbocycles. The van der Waals surface area contributed by atoms with Crippen molar-refractivity contribution in [2.45, 2.75) is 13.8 Å². The van der Waals surface area contributed by atoms with E-state index in [9.17, 15) is 0 Å². The number of nitriles is 1. The first kappa shape index (κ1) is 18.4. The molecular formula is C21H17ClN4O. The monoisotopic (exact) mass is 376 g/mol. The third-order valence-electron chi connectivity index (χ3n) is 3.84. The summed E-state index contributed by atoms with van der Waals surface area (Å²) in [5.74, 6) is 1.60. The number of hydrogen-bond acceptors (Lipinski definition) is 5. The van der Waals surface area contributed by atoms with Crippen LogP contribution in [0, 0.1) is 25.2 Å². The van der Waals surface area contributed by atoms with Crippen LogP contribution in [0.5, 0.6) is 11.6 Å². The molecule has 0 spiro atoms. The Hall–Kier alpha value is -3.36. The predicted molar refractivity (Wildman–Crippen MR) is 107 cm³/mol. The molecule has 0 saturated heterocycles. The van der Waals surface area contributed by atoms with Gasteiger partial charge in [0.1, 0.15) is 5.75 Å². The van der Waals surface area contributed by atoms with Gasteiger partial charge in [-0.3, -0.25) is 0 Å². The normalized spacial score (nSPS) is 10.6. The van der Waals surface area contributed by atoms with Gasteiger partial charge in [0, 0.05) is 23.5 Å². The van der Waals surface area contributed by atoms with Crippen LogP contribution >= 0.6 is 11.6 Å². The molecule has 3 aromatic rings. The van der Waals surface area contributed by atoms with Crippen molar-refractivity contribution in [2.75, 3.05) is 5.32 Å². The smallest absolute Gasteiger partial charge is 0.230 e. The molecule has 0 aliphatic carbocycles. The zero-order chi connectivity index (χ0) is 19.2. The Morgan fingerprint density at radius 3 is 2.44 bits per heavy atom. The van der Waals surface area contributed by atoms with Crippen molar-refractivity contribution in [2.24, 2.45) is 0 Å². The Morgan fingerprint density at radius 2 is 1.81 bits per heavy atom. The number of nitrogens with zero attached hydrogens (tertiary/aromatic N) is 3. The SMILES string of the molecule is Cc1cc(C=CCl)cc(C)c1Oc1ccnc(Nc2ccc(C#N)cc2)n1. The zero-order valence-electron chi connectivity index (χ0n) is 14.9. The van der Waals surface area contributed by atoms with Crippen LogP contribution in [0.2, 0.25) is 0 Å². The number of halogens is 1. The predicted octanol–water partition coefficient (Wildman–Crippen LogP) is 5.71. The molecule has 0 bridgehead atoms. The van der Waals surface area contributed by atoms with Gasteiger partial charge >= 0.3 is 0 Å². The Labute approximate surface area is 162 Å². The highest BCUT2D eigenvalue weighted by atomic mass is 35.5. The van der Waals surface area contributed by atoms with Crippen LogP contribution in [0.25, 0.3) is 6.08 Å². The lowest BCUT2D eigenvalue weighted by molar-refractivity contribution is 0.455. The highest BCUT2D eigenvalue weighted by Gasteiger charge is 2.09. The summed E-state index contributed by atoms with van der Waals surface area (Å²) in [6.45, 7) is 3.95. The van der Waals surface area contributed by atoms with E-state index >= 15 is 0 Å². The van der Waals surface area contributed by atoms with E-state index in [2.05, 4.69) is 21.4 Å². The van der Waals surface area contributed by atoms with Gasteiger partial charge in [-0.15, -0.1) is 0 Å². The lowest BCUT2D eigenvalue weighted by Crippen LogP contribution is -1.99. The molecule has 1 heterocycles. The van der Waals surface area contributed by atoms with E-state index in [0.29, 0.717) is 17.4 Å². The second kappa shape index (κ2) is 8.35. The summed E-state index contributed by atoms with van der Waals surface area (Å²) < 4.78 is 6.00. The van der Waals surface area contributed by atoms with Crippen molar-refractivity contribution >= 4 is 29.3 Å². The summed E-state index contributed by atoms with van der Waals surface area (Å²) in [7, 11) is 0. The molecule has 6 heteroatoms. The van der Waals surface area contributed by atoms with Crippen LogP contribution in [0.15, 0.2) is 54.2 Å². The molecule has 27 heavy (non-hydrogen) atoms. The first-order chi connectivity index (χ1) is 13.1. The van der Waals surface area contributed by atoms with E-state index in [1.807, 2.05) is 32.1 Å². The van der Waals surface area contributed by atoms with Gasteiger partial charge in [0.25, 0.3) is 0 Å². The number of hydrogen-bond donors (Lipinski definition) is 1. The third-order valence-corrected chi connectivity index (χ3v) is 3.97. The van der Waals surface area contributed by atoms with Crippen molar-refractivity contribution in [3.8, 4) is 17.7 Å². The van der Waals surface area contributed by atoms with E-state index in [4.69, 9.17) is 21.6 Å². The van der Waals surface area contributed by atoms with Gasteiger partial charge in [-0.05, 0) is 73.0 Å². The Balaban J connectivity index is 1.81. The van der Waals surface area contributed by atoms with Crippen LogP contribution in [-0.4, -0.2) is 9.97 Å². The largest absolute Gasteiger partial charge is 0.438 e. The Morgan fingerprint density at radius 1 is 1.11 bits per heavy atom. The molecule has 0 atom stereocenters. The molecule has 0 radical (unpaired) electrons. The number of aromatic nitrogens is 2. The average Bonchev–Trinajstić information content (AvgIpc) is 2.66. The second-order valence-electron chi connectivity index (χ2n) is 5.91. The highest BCUT2D eigenvalue weighted by Crippen LogP contribution is 2.30. The number of benzene rings is 2. The fourth-order valence-electron chi connectivity index (χ4n) is 2.63. The molecule has 134 valence electrons. The van der Waals surface area contributed by atoms with E-state index in [0.717, 1.165) is 28.1 Å². The number of ether oxygens (including phenoxy) is 1. The molecule has 5 nitrogen and oxygen atoms in total. The van der Waals surface area contributed by atoms with Gasteiger partial charge in [-0.1, -0.05) is 11.6 Å². The van der Waals surface area contributed by atoms with Crippen molar-refractivity contribution in [1.82, 2.24) is 9.97 Å². The number of aryl methyl sites for hydroxylation is 2. The minimum atomic E-state index is 0.411. The molecular weight excluding hydrogens is 360 g/mol. The quantitative estimate of drug-likeness (QED) is 0.617. The summed E-state index contributed by atoms with van der Waals surface area (Å²) in [6.07, 6.45) is 3.46. The van der Waals surface area contributed by atoms with Crippen molar-refractivity contribution < 1.29 is 4.74 Å². The minimum absolute atomic E-state index is 0.411. The molecule has 0 unspecified atom stereocenters. The lowest BCUT2D eigenvalue weighted by Gasteiger charge is -2.13. The maximum absolute atomic E-state index is 8.86. The Bertz CT molecular complexity index is 1000. The standard InChI is InChI=1S/C21H17ClN4O/c1-14-11-17(7-9-22)12-15(2)20(14)27-19-8-10-24-21(26-19)25-18-5-3-16(13-23)4-6-18/h3-12H,1-2H3,(H,24,25,26). The summed E-state index contributed by atoms with van der Waals surface area (Å²) in [6, 6.07) is 14.8. The van der Waals surface area contributed by atoms with Gasteiger partial charge in [0.15, 0.2) is 0 Å². The summed E-state index contributed by atoms with van der Waals surface area (Å²) >= 11 is 5.66. The van der Waals surface area contributed by atoms with Crippen LogP contribution in [0.1, 0.15) is 22.3 Å².